The van der Waals surface area contributed by atoms with Gasteiger partial charge in [0.1, 0.15) is 11.6 Å². The molecule has 0 atom stereocenters. The van der Waals surface area contributed by atoms with Crippen molar-refractivity contribution in [1.29, 1.82) is 0 Å². The van der Waals surface area contributed by atoms with Crippen molar-refractivity contribution in [3.05, 3.63) is 53.7 Å². The second-order valence-corrected chi connectivity index (χ2v) is 6.21. The SMILES string of the molecule is CN=C(NCc1ccc(OCC(F)(F)F)cc1)NCc1cccnc1N(C)C. The highest BCUT2D eigenvalue weighted by molar-refractivity contribution is 5.79. The zero-order valence-corrected chi connectivity index (χ0v) is 16.0. The molecule has 0 amide bonds. The number of hydrogen-bond acceptors (Lipinski definition) is 4. The molecule has 152 valence electrons. The number of pyridine rings is 1. The number of alkyl halides is 3. The molecule has 0 radical (unpaired) electrons. The molecule has 1 aromatic carbocycles. The number of benzene rings is 1. The zero-order valence-electron chi connectivity index (χ0n) is 16.0. The Hall–Kier alpha value is -2.97. The maximum Gasteiger partial charge on any atom is 0.422 e. The molecule has 0 aliphatic carbocycles. The first-order valence-electron chi connectivity index (χ1n) is 8.62. The summed E-state index contributed by atoms with van der Waals surface area (Å²) in [5.74, 6) is 1.65. The van der Waals surface area contributed by atoms with Gasteiger partial charge in [0.25, 0.3) is 0 Å². The van der Waals surface area contributed by atoms with Crippen LogP contribution >= 0.6 is 0 Å². The molecule has 28 heavy (non-hydrogen) atoms. The Kier molecular flexibility index (Phi) is 7.48. The lowest BCUT2D eigenvalue weighted by Gasteiger charge is -2.17. The molecule has 0 saturated carbocycles. The maximum atomic E-state index is 12.2. The summed E-state index contributed by atoms with van der Waals surface area (Å²) in [4.78, 5) is 10.5. The van der Waals surface area contributed by atoms with Gasteiger partial charge in [0.2, 0.25) is 0 Å². The molecule has 6 nitrogen and oxygen atoms in total. The van der Waals surface area contributed by atoms with Crippen LogP contribution in [0.4, 0.5) is 19.0 Å². The third-order valence-electron chi connectivity index (χ3n) is 3.75. The van der Waals surface area contributed by atoms with Crippen molar-refractivity contribution in [2.75, 3.05) is 32.6 Å². The summed E-state index contributed by atoms with van der Waals surface area (Å²) in [6, 6.07) is 10.3. The van der Waals surface area contributed by atoms with E-state index >= 15 is 0 Å². The number of aromatic nitrogens is 1. The van der Waals surface area contributed by atoms with Gasteiger partial charge in [-0.05, 0) is 23.8 Å². The van der Waals surface area contributed by atoms with Gasteiger partial charge in [-0.15, -0.1) is 0 Å². The second kappa shape index (κ2) is 9.82. The average molecular weight is 395 g/mol. The molecule has 1 heterocycles. The van der Waals surface area contributed by atoms with E-state index in [0.29, 0.717) is 19.0 Å². The quantitative estimate of drug-likeness (QED) is 0.558. The van der Waals surface area contributed by atoms with Gasteiger partial charge in [-0.2, -0.15) is 13.2 Å². The number of nitrogens with zero attached hydrogens (tertiary/aromatic N) is 3. The molecule has 0 fully saturated rings. The number of aliphatic imine (C=N–C) groups is 1. The molecule has 2 aromatic rings. The van der Waals surface area contributed by atoms with Crippen molar-refractivity contribution in [2.24, 2.45) is 4.99 Å². The Bertz CT molecular complexity index is 776. The molecule has 2 rings (SSSR count). The van der Waals surface area contributed by atoms with Crippen molar-refractivity contribution in [1.82, 2.24) is 15.6 Å². The van der Waals surface area contributed by atoms with Gasteiger partial charge in [0.05, 0.1) is 0 Å². The largest absolute Gasteiger partial charge is 0.484 e. The smallest absolute Gasteiger partial charge is 0.422 e. The molecule has 0 bridgehead atoms. The molecule has 0 unspecified atom stereocenters. The molecule has 2 N–H and O–H groups in total. The van der Waals surface area contributed by atoms with Gasteiger partial charge >= 0.3 is 6.18 Å². The van der Waals surface area contributed by atoms with Crippen molar-refractivity contribution in [3.8, 4) is 5.75 Å². The average Bonchev–Trinajstić information content (AvgIpc) is 2.67. The van der Waals surface area contributed by atoms with Gasteiger partial charge in [-0.1, -0.05) is 18.2 Å². The highest BCUT2D eigenvalue weighted by Gasteiger charge is 2.28. The van der Waals surface area contributed by atoms with Crippen molar-refractivity contribution in [2.45, 2.75) is 19.3 Å². The zero-order chi connectivity index (χ0) is 20.6. The Labute approximate surface area is 162 Å². The Balaban J connectivity index is 1.86. The van der Waals surface area contributed by atoms with Gasteiger partial charge in [0.15, 0.2) is 12.6 Å². The second-order valence-electron chi connectivity index (χ2n) is 6.21. The van der Waals surface area contributed by atoms with Crippen LogP contribution in [0.1, 0.15) is 11.1 Å². The van der Waals surface area contributed by atoms with Crippen LogP contribution in [0.25, 0.3) is 0 Å². The molecule has 1 aromatic heterocycles. The summed E-state index contributed by atoms with van der Waals surface area (Å²) in [6.45, 7) is -0.289. The van der Waals surface area contributed by atoms with Gasteiger partial charge in [-0.25, -0.2) is 4.98 Å². The summed E-state index contributed by atoms with van der Waals surface area (Å²) in [6.07, 6.45) is -2.60. The molecule has 0 aliphatic rings. The fraction of sp³-hybridized carbons (Fsp3) is 0.368. The summed E-state index contributed by atoms with van der Waals surface area (Å²) >= 11 is 0. The van der Waals surface area contributed by atoms with E-state index < -0.39 is 12.8 Å². The summed E-state index contributed by atoms with van der Waals surface area (Å²) in [5.41, 5.74) is 1.92. The van der Waals surface area contributed by atoms with Crippen LogP contribution in [0.2, 0.25) is 0 Å². The fourth-order valence-electron chi connectivity index (χ4n) is 2.42. The number of ether oxygens (including phenoxy) is 1. The van der Waals surface area contributed by atoms with E-state index in [1.54, 1.807) is 25.4 Å². The predicted molar refractivity (Wildman–Crippen MR) is 104 cm³/mol. The van der Waals surface area contributed by atoms with Crippen LogP contribution < -0.4 is 20.3 Å². The van der Waals surface area contributed by atoms with Crippen LogP contribution in [-0.2, 0) is 13.1 Å². The van der Waals surface area contributed by atoms with E-state index in [2.05, 4.69) is 20.6 Å². The van der Waals surface area contributed by atoms with E-state index in [9.17, 15) is 13.2 Å². The lowest BCUT2D eigenvalue weighted by molar-refractivity contribution is -0.153. The minimum Gasteiger partial charge on any atom is -0.484 e. The van der Waals surface area contributed by atoms with Crippen LogP contribution in [-0.4, -0.2) is 44.9 Å². The van der Waals surface area contributed by atoms with Crippen molar-refractivity contribution < 1.29 is 17.9 Å². The van der Waals surface area contributed by atoms with Crippen LogP contribution in [0.3, 0.4) is 0 Å². The third-order valence-corrected chi connectivity index (χ3v) is 3.75. The highest BCUT2D eigenvalue weighted by Crippen LogP contribution is 2.19. The van der Waals surface area contributed by atoms with Crippen LogP contribution in [0.5, 0.6) is 5.75 Å². The van der Waals surface area contributed by atoms with E-state index in [-0.39, 0.29) is 5.75 Å². The van der Waals surface area contributed by atoms with Gasteiger partial charge in [0, 0.05) is 46.0 Å². The van der Waals surface area contributed by atoms with Gasteiger partial charge < -0.3 is 20.3 Å². The normalized spacial score (nSPS) is 11.9. The Morgan fingerprint density at radius 1 is 1.11 bits per heavy atom. The number of hydrogen-bond donors (Lipinski definition) is 2. The number of guanidine groups is 1. The number of rotatable bonds is 7. The maximum absolute atomic E-state index is 12.2. The third kappa shape index (κ3) is 6.98. The molecular formula is C19H24F3N5O. The Morgan fingerprint density at radius 3 is 2.39 bits per heavy atom. The van der Waals surface area contributed by atoms with Crippen LogP contribution in [0.15, 0.2) is 47.6 Å². The molecule has 0 saturated heterocycles. The number of halogens is 3. The van der Waals surface area contributed by atoms with Crippen molar-refractivity contribution in [3.63, 3.8) is 0 Å². The molecular weight excluding hydrogens is 371 g/mol. The fourth-order valence-corrected chi connectivity index (χ4v) is 2.42. The van der Waals surface area contributed by atoms with E-state index in [4.69, 9.17) is 4.74 Å². The van der Waals surface area contributed by atoms with E-state index in [0.717, 1.165) is 16.9 Å². The molecule has 0 aliphatic heterocycles. The summed E-state index contributed by atoms with van der Waals surface area (Å²) in [5, 5.41) is 6.39. The van der Waals surface area contributed by atoms with Gasteiger partial charge in [-0.3, -0.25) is 4.99 Å². The minimum absolute atomic E-state index is 0.177. The monoisotopic (exact) mass is 395 g/mol. The van der Waals surface area contributed by atoms with Crippen molar-refractivity contribution >= 4 is 11.8 Å². The standard InChI is InChI=1S/C19H24F3N5O/c1-23-18(26-12-15-5-4-10-24-17(15)27(2)3)25-11-14-6-8-16(9-7-14)28-13-19(20,21)22/h4-10H,11-13H2,1-3H3,(H2,23,25,26). The van der Waals surface area contributed by atoms with E-state index in [1.165, 1.54) is 12.1 Å². The topological polar surface area (TPSA) is 61.8 Å². The van der Waals surface area contributed by atoms with E-state index in [1.807, 2.05) is 31.1 Å². The van der Waals surface area contributed by atoms with Crippen LogP contribution in [0, 0.1) is 0 Å². The molecule has 0 spiro atoms. The minimum atomic E-state index is -4.35. The highest BCUT2D eigenvalue weighted by atomic mass is 19.4. The number of anilines is 1. The first-order valence-corrected chi connectivity index (χ1v) is 8.62. The molecule has 9 heteroatoms. The Morgan fingerprint density at radius 2 is 1.79 bits per heavy atom. The summed E-state index contributed by atoms with van der Waals surface area (Å²) in [7, 11) is 5.53. The summed E-state index contributed by atoms with van der Waals surface area (Å²) < 4.78 is 41.2. The first-order chi connectivity index (χ1) is 13.3. The predicted octanol–water partition coefficient (Wildman–Crippen LogP) is 2.95. The lowest BCUT2D eigenvalue weighted by atomic mass is 10.2. The lowest BCUT2D eigenvalue weighted by Crippen LogP contribution is -2.36. The number of nitrogens with one attached hydrogen (secondary N) is 2. The first kappa shape index (κ1) is 21.3.